The molecule has 2 aromatic heterocycles. The topological polar surface area (TPSA) is 130 Å². The van der Waals surface area contributed by atoms with Gasteiger partial charge in [0, 0.05) is 24.7 Å². The largest absolute Gasteiger partial charge is 0.480 e. The van der Waals surface area contributed by atoms with Gasteiger partial charge in [-0.2, -0.15) is 4.98 Å². The van der Waals surface area contributed by atoms with Crippen LogP contribution < -0.4 is 10.6 Å². The highest BCUT2D eigenvalue weighted by Gasteiger charge is 2.16. The Morgan fingerprint density at radius 2 is 1.86 bits per heavy atom. The molecule has 3 aromatic rings. The average molecular weight is 480 g/mol. The molecule has 9 heteroatoms. The summed E-state index contributed by atoms with van der Waals surface area (Å²) in [7, 11) is 0. The number of hydrogen-bond donors (Lipinski definition) is 3. The van der Waals surface area contributed by atoms with Crippen LogP contribution in [0.3, 0.4) is 0 Å². The number of nitrogens with zero attached hydrogens (tertiary/aromatic N) is 3. The Morgan fingerprint density at radius 1 is 1.11 bits per heavy atom. The molecule has 0 spiro atoms. The second-order valence-corrected chi connectivity index (χ2v) is 9.04. The summed E-state index contributed by atoms with van der Waals surface area (Å²) in [6.45, 7) is 10.8. The zero-order valence-corrected chi connectivity index (χ0v) is 20.9. The second kappa shape index (κ2) is 11.6. The molecule has 1 amide bonds. The lowest BCUT2D eigenvalue weighted by atomic mass is 9.93. The van der Waals surface area contributed by atoms with Crippen molar-refractivity contribution in [3.63, 3.8) is 0 Å². The summed E-state index contributed by atoms with van der Waals surface area (Å²) in [4.78, 5) is 31.7. The molecular formula is C26H33N5O4. The van der Waals surface area contributed by atoms with Gasteiger partial charge in [0.05, 0.1) is 5.56 Å². The Hall–Kier alpha value is -3.75. The summed E-state index contributed by atoms with van der Waals surface area (Å²) in [6, 6.07) is 5.99. The maximum Gasteiger partial charge on any atom is 0.322 e. The number of benzene rings is 1. The van der Waals surface area contributed by atoms with Crippen LogP contribution in [0.5, 0.6) is 0 Å². The van der Waals surface area contributed by atoms with Crippen molar-refractivity contribution in [3.05, 3.63) is 46.6 Å². The number of rotatable bonds is 11. The minimum Gasteiger partial charge on any atom is -0.480 e. The fraction of sp³-hybridized carbons (Fsp3) is 0.423. The predicted molar refractivity (Wildman–Crippen MR) is 134 cm³/mol. The van der Waals surface area contributed by atoms with E-state index in [4.69, 9.17) is 9.63 Å². The van der Waals surface area contributed by atoms with Crippen molar-refractivity contribution < 1.29 is 19.2 Å². The van der Waals surface area contributed by atoms with Crippen molar-refractivity contribution in [1.29, 1.82) is 0 Å². The number of carbonyl (C=O) groups is 2. The number of pyridine rings is 1. The third kappa shape index (κ3) is 6.88. The molecule has 0 saturated carbocycles. The normalized spacial score (nSPS) is 11.0. The van der Waals surface area contributed by atoms with Crippen molar-refractivity contribution in [3.8, 4) is 22.8 Å². The number of aryl methyl sites for hydroxylation is 3. The molecule has 2 heterocycles. The van der Waals surface area contributed by atoms with E-state index in [9.17, 15) is 9.59 Å². The molecule has 0 unspecified atom stereocenters. The molecule has 35 heavy (non-hydrogen) atoms. The fourth-order valence-electron chi connectivity index (χ4n) is 3.83. The van der Waals surface area contributed by atoms with Gasteiger partial charge in [0.1, 0.15) is 12.4 Å². The van der Waals surface area contributed by atoms with Crippen LogP contribution in [0, 0.1) is 19.8 Å². The van der Waals surface area contributed by atoms with Crippen LogP contribution in [0.1, 0.15) is 49.4 Å². The zero-order chi connectivity index (χ0) is 25.5. The Labute approximate surface area is 205 Å². The highest BCUT2D eigenvalue weighted by atomic mass is 16.5. The fourth-order valence-corrected chi connectivity index (χ4v) is 3.83. The molecule has 0 aliphatic carbocycles. The van der Waals surface area contributed by atoms with Crippen molar-refractivity contribution in [2.75, 3.05) is 18.4 Å². The molecule has 9 nitrogen and oxygen atoms in total. The van der Waals surface area contributed by atoms with E-state index in [1.54, 1.807) is 6.20 Å². The molecule has 0 saturated heterocycles. The average Bonchev–Trinajstić information content (AvgIpc) is 3.31. The first-order valence-electron chi connectivity index (χ1n) is 11.8. The summed E-state index contributed by atoms with van der Waals surface area (Å²) >= 11 is 0. The molecular weight excluding hydrogens is 446 g/mol. The van der Waals surface area contributed by atoms with Crippen molar-refractivity contribution in [2.45, 2.75) is 53.9 Å². The maximum absolute atomic E-state index is 12.0. The highest BCUT2D eigenvalue weighted by Crippen LogP contribution is 2.28. The van der Waals surface area contributed by atoms with Crippen LogP contribution in [0.15, 0.2) is 28.9 Å². The van der Waals surface area contributed by atoms with Gasteiger partial charge in [-0.3, -0.25) is 9.59 Å². The number of anilines is 1. The van der Waals surface area contributed by atoms with Gasteiger partial charge in [0.2, 0.25) is 11.7 Å². The second-order valence-electron chi connectivity index (χ2n) is 9.04. The summed E-state index contributed by atoms with van der Waals surface area (Å²) < 4.78 is 5.54. The van der Waals surface area contributed by atoms with Crippen LogP contribution in [0.2, 0.25) is 0 Å². The Bertz CT molecular complexity index is 1200. The van der Waals surface area contributed by atoms with Gasteiger partial charge in [0.25, 0.3) is 5.89 Å². The van der Waals surface area contributed by atoms with Gasteiger partial charge < -0.3 is 20.3 Å². The summed E-state index contributed by atoms with van der Waals surface area (Å²) in [5.74, 6) is 0.917. The van der Waals surface area contributed by atoms with E-state index < -0.39 is 5.97 Å². The predicted octanol–water partition coefficient (Wildman–Crippen LogP) is 4.18. The van der Waals surface area contributed by atoms with E-state index in [1.165, 1.54) is 0 Å². The number of hydrogen-bond acceptors (Lipinski definition) is 7. The number of aliphatic carboxylic acids is 1. The summed E-state index contributed by atoms with van der Waals surface area (Å²) in [5, 5.41) is 18.6. The van der Waals surface area contributed by atoms with E-state index in [-0.39, 0.29) is 18.9 Å². The van der Waals surface area contributed by atoms with Crippen molar-refractivity contribution >= 4 is 17.7 Å². The number of aromatic nitrogens is 3. The minimum atomic E-state index is -1.06. The highest BCUT2D eigenvalue weighted by molar-refractivity contribution is 5.81. The standard InChI is InChI=1S/C26H33N5O4/c1-6-18-11-19(9-16(4)21(18)7-8-22(32)27-14-23(33)34)25-30-26(35-31-25)20-10-17(5)24(29-13-20)28-12-15(2)3/h9-11,13,15H,6-8,12,14H2,1-5H3,(H,27,32)(H,28,29)(H,33,34). The third-order valence-electron chi connectivity index (χ3n) is 5.67. The first-order valence-corrected chi connectivity index (χ1v) is 11.8. The molecule has 1 aromatic carbocycles. The minimum absolute atomic E-state index is 0.223. The number of nitrogens with one attached hydrogen (secondary N) is 2. The van der Waals surface area contributed by atoms with Crippen LogP contribution in [-0.4, -0.2) is 45.2 Å². The monoisotopic (exact) mass is 479 g/mol. The number of carboxylic acid groups (broad SMARTS) is 1. The van der Waals surface area contributed by atoms with Crippen LogP contribution in [-0.2, 0) is 22.4 Å². The van der Waals surface area contributed by atoms with Gasteiger partial charge in [0.15, 0.2) is 0 Å². The van der Waals surface area contributed by atoms with E-state index in [1.807, 2.05) is 32.0 Å². The summed E-state index contributed by atoms with van der Waals surface area (Å²) in [6.07, 6.45) is 3.26. The van der Waals surface area contributed by atoms with Gasteiger partial charge in [-0.15, -0.1) is 0 Å². The SMILES string of the molecule is CCc1cc(-c2noc(-c3cnc(NCC(C)C)c(C)c3)n2)cc(C)c1CCC(=O)NCC(=O)O. The van der Waals surface area contributed by atoms with Gasteiger partial charge >= 0.3 is 5.97 Å². The molecule has 0 atom stereocenters. The molecule has 0 aliphatic heterocycles. The lowest BCUT2D eigenvalue weighted by molar-refractivity contribution is -0.137. The smallest absolute Gasteiger partial charge is 0.322 e. The van der Waals surface area contributed by atoms with Gasteiger partial charge in [-0.1, -0.05) is 25.9 Å². The zero-order valence-electron chi connectivity index (χ0n) is 20.9. The third-order valence-corrected chi connectivity index (χ3v) is 5.67. The molecule has 3 N–H and O–H groups in total. The Morgan fingerprint density at radius 3 is 2.51 bits per heavy atom. The molecule has 0 fully saturated rings. The van der Waals surface area contributed by atoms with E-state index in [0.717, 1.165) is 52.2 Å². The summed E-state index contributed by atoms with van der Waals surface area (Å²) in [5.41, 5.74) is 5.80. The molecule has 0 bridgehead atoms. The molecule has 0 aliphatic rings. The number of carboxylic acids is 1. The molecule has 186 valence electrons. The quantitative estimate of drug-likeness (QED) is 0.373. The van der Waals surface area contributed by atoms with Crippen LogP contribution in [0.25, 0.3) is 22.8 Å². The molecule has 0 radical (unpaired) electrons. The molecule has 3 rings (SSSR count). The van der Waals surface area contributed by atoms with E-state index in [0.29, 0.717) is 24.1 Å². The van der Waals surface area contributed by atoms with Gasteiger partial charge in [-0.25, -0.2) is 4.98 Å². The van der Waals surface area contributed by atoms with E-state index in [2.05, 4.69) is 46.5 Å². The number of carbonyl (C=O) groups excluding carboxylic acids is 1. The van der Waals surface area contributed by atoms with Gasteiger partial charge in [-0.05, 0) is 73.1 Å². The lowest BCUT2D eigenvalue weighted by Crippen LogP contribution is -2.29. The maximum atomic E-state index is 12.0. The van der Waals surface area contributed by atoms with E-state index >= 15 is 0 Å². The number of amides is 1. The van der Waals surface area contributed by atoms with Crippen molar-refractivity contribution in [2.24, 2.45) is 5.92 Å². The van der Waals surface area contributed by atoms with Crippen molar-refractivity contribution in [1.82, 2.24) is 20.4 Å². The van der Waals surface area contributed by atoms with Crippen LogP contribution >= 0.6 is 0 Å². The Kier molecular flexibility index (Phi) is 8.57. The van der Waals surface area contributed by atoms with Crippen LogP contribution in [0.4, 0.5) is 5.82 Å². The first kappa shape index (κ1) is 25.9. The first-order chi connectivity index (χ1) is 16.7. The lowest BCUT2D eigenvalue weighted by Gasteiger charge is -2.13. The Balaban J connectivity index is 1.77.